The van der Waals surface area contributed by atoms with Crippen molar-refractivity contribution >= 4 is 17.7 Å². The first-order chi connectivity index (χ1) is 7.50. The van der Waals surface area contributed by atoms with E-state index in [1.807, 2.05) is 0 Å². The Hall–Kier alpha value is -1.43. The van der Waals surface area contributed by atoms with Gasteiger partial charge in [-0.15, -0.1) is 0 Å². The maximum atomic E-state index is 11.0. The lowest BCUT2D eigenvalue weighted by Gasteiger charge is -2.04. The Morgan fingerprint density at radius 1 is 1.62 bits per heavy atom. The van der Waals surface area contributed by atoms with E-state index in [0.717, 1.165) is 6.26 Å². The van der Waals surface area contributed by atoms with Gasteiger partial charge in [-0.05, 0) is 0 Å². The topological polar surface area (TPSA) is 87.7 Å². The molecule has 0 aliphatic carbocycles. The highest BCUT2D eigenvalue weighted by Crippen LogP contribution is 2.15. The predicted molar refractivity (Wildman–Crippen MR) is 59.6 cm³/mol. The second-order valence-electron chi connectivity index (χ2n) is 3.35. The third kappa shape index (κ3) is 3.62. The Bertz CT molecular complexity index is 425. The van der Waals surface area contributed by atoms with Crippen LogP contribution in [-0.2, 0) is 10.5 Å². The van der Waals surface area contributed by atoms with Crippen LogP contribution in [0.15, 0.2) is 21.5 Å². The molecule has 1 aromatic heterocycles. The lowest BCUT2D eigenvalue weighted by Crippen LogP contribution is -2.12. The second-order valence-corrected chi connectivity index (χ2v) is 4.38. The van der Waals surface area contributed by atoms with Gasteiger partial charge in [-0.3, -0.25) is 9.59 Å². The van der Waals surface area contributed by atoms with Crippen LogP contribution in [0.4, 0.5) is 0 Å². The number of carboxylic acids is 1. The van der Waals surface area contributed by atoms with Crippen LogP contribution in [0, 0.1) is 5.92 Å². The predicted octanol–water partition coefficient (Wildman–Crippen LogP) is 1.30. The van der Waals surface area contributed by atoms with Gasteiger partial charge in [0.2, 0.25) is 5.43 Å². The van der Waals surface area contributed by atoms with Gasteiger partial charge in [0.05, 0.1) is 11.7 Å². The number of aliphatic carboxylic acids is 1. The minimum Gasteiger partial charge on any atom is -0.502 e. The molecule has 0 saturated carbocycles. The molecule has 6 heteroatoms. The summed E-state index contributed by atoms with van der Waals surface area (Å²) < 4.78 is 4.96. The summed E-state index contributed by atoms with van der Waals surface area (Å²) in [6, 6.07) is 1.20. The van der Waals surface area contributed by atoms with Gasteiger partial charge < -0.3 is 14.6 Å². The lowest BCUT2D eigenvalue weighted by molar-refractivity contribution is -0.140. The Morgan fingerprint density at radius 3 is 2.88 bits per heavy atom. The maximum absolute atomic E-state index is 11.0. The van der Waals surface area contributed by atoms with Crippen molar-refractivity contribution in [3.8, 4) is 5.75 Å². The number of hydrogen-bond donors (Lipinski definition) is 2. The molecule has 0 spiro atoms. The molecule has 0 amide bonds. The SMILES string of the molecule is CC(CSCc1cc(=O)c(O)co1)C(=O)O. The molecule has 1 unspecified atom stereocenters. The van der Waals surface area contributed by atoms with E-state index in [2.05, 4.69) is 0 Å². The van der Waals surface area contributed by atoms with Crippen LogP contribution >= 0.6 is 11.8 Å². The van der Waals surface area contributed by atoms with Gasteiger partial charge in [0, 0.05) is 11.8 Å². The van der Waals surface area contributed by atoms with E-state index in [1.54, 1.807) is 6.92 Å². The molecule has 1 heterocycles. The summed E-state index contributed by atoms with van der Waals surface area (Å²) in [7, 11) is 0. The Kier molecular flexibility index (Phi) is 4.42. The standard InChI is InChI=1S/C10H12O5S/c1-6(10(13)14)4-16-5-7-2-8(11)9(12)3-15-7/h2-3,6,12H,4-5H2,1H3,(H,13,14). The fraction of sp³-hybridized carbons (Fsp3) is 0.400. The van der Waals surface area contributed by atoms with Crippen molar-refractivity contribution in [2.24, 2.45) is 5.92 Å². The van der Waals surface area contributed by atoms with Gasteiger partial charge in [0.1, 0.15) is 12.0 Å². The number of carbonyl (C=O) groups is 1. The second kappa shape index (κ2) is 5.60. The molecule has 0 aromatic carbocycles. The lowest BCUT2D eigenvalue weighted by atomic mass is 10.2. The largest absolute Gasteiger partial charge is 0.502 e. The van der Waals surface area contributed by atoms with E-state index < -0.39 is 23.1 Å². The fourth-order valence-electron chi connectivity index (χ4n) is 0.927. The summed E-state index contributed by atoms with van der Waals surface area (Å²) in [5, 5.41) is 17.6. The molecule has 16 heavy (non-hydrogen) atoms. The van der Waals surface area contributed by atoms with Gasteiger partial charge in [-0.25, -0.2) is 0 Å². The van der Waals surface area contributed by atoms with E-state index >= 15 is 0 Å². The molecule has 0 aliphatic heterocycles. The van der Waals surface area contributed by atoms with Crippen LogP contribution < -0.4 is 5.43 Å². The van der Waals surface area contributed by atoms with E-state index in [-0.39, 0.29) is 0 Å². The molecule has 0 radical (unpaired) electrons. The van der Waals surface area contributed by atoms with Crippen molar-refractivity contribution in [1.82, 2.24) is 0 Å². The van der Waals surface area contributed by atoms with E-state index in [4.69, 9.17) is 14.6 Å². The first kappa shape index (κ1) is 12.6. The smallest absolute Gasteiger partial charge is 0.307 e. The first-order valence-electron chi connectivity index (χ1n) is 4.62. The number of carboxylic acid groups (broad SMARTS) is 1. The summed E-state index contributed by atoms with van der Waals surface area (Å²) in [5.74, 6) is -0.431. The van der Waals surface area contributed by atoms with Gasteiger partial charge >= 0.3 is 5.97 Å². The number of hydrogen-bond acceptors (Lipinski definition) is 5. The summed E-state index contributed by atoms with van der Waals surface area (Å²) in [5.41, 5.74) is -0.492. The molecule has 1 rings (SSSR count). The van der Waals surface area contributed by atoms with Crippen molar-refractivity contribution in [3.63, 3.8) is 0 Å². The number of rotatable bonds is 5. The minimum absolute atomic E-state index is 0.410. The van der Waals surface area contributed by atoms with Crippen molar-refractivity contribution in [3.05, 3.63) is 28.3 Å². The maximum Gasteiger partial charge on any atom is 0.307 e. The molecule has 0 saturated heterocycles. The zero-order valence-electron chi connectivity index (χ0n) is 8.67. The van der Waals surface area contributed by atoms with Gasteiger partial charge in [-0.2, -0.15) is 11.8 Å². The fourth-order valence-corrected chi connectivity index (χ4v) is 1.89. The molecule has 0 fully saturated rings. The normalized spacial score (nSPS) is 12.3. The molecule has 0 aliphatic rings. The van der Waals surface area contributed by atoms with Crippen LogP contribution in [0.5, 0.6) is 5.75 Å². The summed E-state index contributed by atoms with van der Waals surface area (Å²) in [4.78, 5) is 21.6. The third-order valence-electron chi connectivity index (χ3n) is 1.90. The van der Waals surface area contributed by atoms with Crippen LogP contribution in [0.25, 0.3) is 0 Å². The average Bonchev–Trinajstić information content (AvgIpc) is 2.23. The molecular formula is C10H12O5S. The summed E-state index contributed by atoms with van der Waals surface area (Å²) in [6.45, 7) is 1.61. The molecule has 1 aromatic rings. The molecule has 88 valence electrons. The zero-order chi connectivity index (χ0) is 12.1. The van der Waals surface area contributed by atoms with E-state index in [1.165, 1.54) is 17.8 Å². The van der Waals surface area contributed by atoms with Crippen LogP contribution in [0.1, 0.15) is 12.7 Å². The minimum atomic E-state index is -0.848. The Balaban J connectivity index is 2.46. The Labute approximate surface area is 96.1 Å². The average molecular weight is 244 g/mol. The van der Waals surface area contributed by atoms with E-state index in [9.17, 15) is 9.59 Å². The van der Waals surface area contributed by atoms with Crippen LogP contribution in [-0.4, -0.2) is 21.9 Å². The van der Waals surface area contributed by atoms with Gasteiger partial charge in [-0.1, -0.05) is 6.92 Å². The molecule has 1 atom stereocenters. The molecular weight excluding hydrogens is 232 g/mol. The third-order valence-corrected chi connectivity index (χ3v) is 3.12. The first-order valence-corrected chi connectivity index (χ1v) is 5.77. The quantitative estimate of drug-likeness (QED) is 0.811. The molecule has 5 nitrogen and oxygen atoms in total. The van der Waals surface area contributed by atoms with Crippen molar-refractivity contribution < 1.29 is 19.4 Å². The van der Waals surface area contributed by atoms with Gasteiger partial charge in [0.15, 0.2) is 5.75 Å². The van der Waals surface area contributed by atoms with Gasteiger partial charge in [0.25, 0.3) is 0 Å². The number of aromatic hydroxyl groups is 1. The molecule has 2 N–H and O–H groups in total. The highest BCUT2D eigenvalue weighted by atomic mass is 32.2. The van der Waals surface area contributed by atoms with Crippen LogP contribution in [0.3, 0.4) is 0 Å². The summed E-state index contributed by atoms with van der Waals surface area (Å²) >= 11 is 1.36. The van der Waals surface area contributed by atoms with Crippen molar-refractivity contribution in [2.45, 2.75) is 12.7 Å². The van der Waals surface area contributed by atoms with E-state index in [0.29, 0.717) is 17.3 Å². The Morgan fingerprint density at radius 2 is 2.31 bits per heavy atom. The summed E-state index contributed by atoms with van der Waals surface area (Å²) in [6.07, 6.45) is 0.985. The highest BCUT2D eigenvalue weighted by Gasteiger charge is 2.11. The monoisotopic (exact) mass is 244 g/mol. The van der Waals surface area contributed by atoms with Crippen molar-refractivity contribution in [1.29, 1.82) is 0 Å². The zero-order valence-corrected chi connectivity index (χ0v) is 9.49. The van der Waals surface area contributed by atoms with Crippen LogP contribution in [0.2, 0.25) is 0 Å². The molecule has 0 bridgehead atoms. The van der Waals surface area contributed by atoms with Crippen molar-refractivity contribution in [2.75, 3.05) is 5.75 Å². The highest BCUT2D eigenvalue weighted by molar-refractivity contribution is 7.98. The number of thioether (sulfide) groups is 1.